The van der Waals surface area contributed by atoms with Crippen LogP contribution in [0.1, 0.15) is 28.6 Å². The third kappa shape index (κ3) is 6.16. The molecule has 0 aliphatic heterocycles. The molecule has 1 N–H and O–H groups in total. The minimum absolute atomic E-state index is 0.189. The van der Waals surface area contributed by atoms with Crippen LogP contribution in [0.2, 0.25) is 5.02 Å². The van der Waals surface area contributed by atoms with E-state index in [1.165, 1.54) is 0 Å². The summed E-state index contributed by atoms with van der Waals surface area (Å²) >= 11 is 10.9. The van der Waals surface area contributed by atoms with Gasteiger partial charge in [-0.15, -0.1) is 11.6 Å². The third-order valence-electron chi connectivity index (χ3n) is 4.10. The quantitative estimate of drug-likeness (QED) is 0.249. The van der Waals surface area contributed by atoms with Gasteiger partial charge in [0.1, 0.15) is 5.02 Å². The van der Waals surface area contributed by atoms with Crippen LogP contribution in [0.3, 0.4) is 0 Å². The van der Waals surface area contributed by atoms with Gasteiger partial charge in [-0.3, -0.25) is 9.36 Å². The third-order valence-corrected chi connectivity index (χ3v) is 4.60. The summed E-state index contributed by atoms with van der Waals surface area (Å²) in [5, 5.41) is 0.715. The first kappa shape index (κ1) is 27.8. The van der Waals surface area contributed by atoms with Gasteiger partial charge >= 0.3 is 18.5 Å². The van der Waals surface area contributed by atoms with Crippen LogP contribution in [0.4, 0.5) is 45.5 Å². The molecule has 16 heteroatoms. The first-order valence-electron chi connectivity index (χ1n) is 8.76. The topological polar surface area (TPSA) is 56.1 Å². The van der Waals surface area contributed by atoms with Crippen LogP contribution in [0.15, 0.2) is 29.6 Å². The van der Waals surface area contributed by atoms with Crippen molar-refractivity contribution in [3.8, 4) is 0 Å². The van der Waals surface area contributed by atoms with Crippen molar-refractivity contribution in [2.75, 3.05) is 17.8 Å². The van der Waals surface area contributed by atoms with Gasteiger partial charge in [0.25, 0.3) is 5.56 Å². The van der Waals surface area contributed by atoms with Crippen LogP contribution in [0.5, 0.6) is 0 Å². The van der Waals surface area contributed by atoms with Crippen LogP contribution >= 0.6 is 23.2 Å². The fourth-order valence-corrected chi connectivity index (χ4v) is 3.00. The van der Waals surface area contributed by atoms with Crippen molar-refractivity contribution in [1.29, 1.82) is 0 Å². The van der Waals surface area contributed by atoms with E-state index in [0.29, 0.717) is 22.9 Å². The van der Waals surface area contributed by atoms with Crippen molar-refractivity contribution in [3.63, 3.8) is 0 Å². The van der Waals surface area contributed by atoms with Crippen LogP contribution in [-0.4, -0.2) is 22.0 Å². The Hall–Kier alpha value is -2.45. The fraction of sp³-hybridized carbons (Fsp3) is 0.333. The summed E-state index contributed by atoms with van der Waals surface area (Å²) in [5.41, 5.74) is -7.71. The minimum atomic E-state index is -5.33. The summed E-state index contributed by atoms with van der Waals surface area (Å²) in [6, 6.07) is 0.555. The summed E-state index contributed by atoms with van der Waals surface area (Å²) in [6.07, 6.45) is -17.1. The minimum Gasteiger partial charge on any atom is -0.353 e. The number of alkyl halides is 10. The fourth-order valence-electron chi connectivity index (χ4n) is 2.67. The van der Waals surface area contributed by atoms with Gasteiger partial charge in [0.2, 0.25) is 5.95 Å². The predicted molar refractivity (Wildman–Crippen MR) is 104 cm³/mol. The average molecular weight is 544 g/mol. The largest absolute Gasteiger partial charge is 0.435 e. The zero-order chi connectivity index (χ0) is 26.1. The Bertz CT molecular complexity index is 1110. The summed E-state index contributed by atoms with van der Waals surface area (Å²) in [4.78, 5) is 15.4. The molecule has 0 bridgehead atoms. The molecule has 1 unspecified atom stereocenters. The molecule has 2 rings (SSSR count). The molecular weight excluding hydrogens is 532 g/mol. The lowest BCUT2D eigenvalue weighted by Crippen LogP contribution is -2.29. The molecule has 0 saturated carbocycles. The smallest absolute Gasteiger partial charge is 0.353 e. The SMILES string of the molecule is C=Cn1c(NC(OCCCl)c2ccc(C(F)(F)F)cc2C(F)(F)F)nc(C(F)(F)F)c(Cl)c1=O. The van der Waals surface area contributed by atoms with E-state index in [0.717, 1.165) is 0 Å². The standard InChI is InChI=1S/C18H12Cl2F9N3O2/c1-2-32-14(33)11(20)12(18(27,28)29)30-15(32)31-13(34-6-5-19)9-4-3-8(16(21,22)23)7-10(9)17(24,25)26/h2-4,7,13H,1,5-6H2,(H,30,31). The van der Waals surface area contributed by atoms with E-state index >= 15 is 0 Å². The second-order valence-electron chi connectivity index (χ2n) is 6.34. The number of benzene rings is 1. The molecule has 5 nitrogen and oxygen atoms in total. The predicted octanol–water partition coefficient (Wildman–Crippen LogP) is 6.42. The lowest BCUT2D eigenvalue weighted by molar-refractivity contribution is -0.144. The van der Waals surface area contributed by atoms with E-state index in [1.54, 1.807) is 0 Å². The number of nitrogens with one attached hydrogen (secondary N) is 1. The molecule has 34 heavy (non-hydrogen) atoms. The lowest BCUT2D eigenvalue weighted by atomic mass is 10.0. The number of halogens is 11. The second-order valence-corrected chi connectivity index (χ2v) is 7.09. The van der Waals surface area contributed by atoms with Crippen molar-refractivity contribution in [1.82, 2.24) is 9.55 Å². The molecule has 0 amide bonds. The molecular formula is C18H12Cl2F9N3O2. The molecule has 0 radical (unpaired) electrons. The van der Waals surface area contributed by atoms with Gasteiger partial charge in [-0.1, -0.05) is 24.2 Å². The Morgan fingerprint density at radius 3 is 2.18 bits per heavy atom. The summed E-state index contributed by atoms with van der Waals surface area (Å²) in [5.74, 6) is -1.31. The van der Waals surface area contributed by atoms with Gasteiger partial charge in [-0.2, -0.15) is 39.5 Å². The highest BCUT2D eigenvalue weighted by Gasteiger charge is 2.41. The molecule has 188 valence electrons. The molecule has 0 aliphatic carbocycles. The average Bonchev–Trinajstić information content (AvgIpc) is 2.71. The summed E-state index contributed by atoms with van der Waals surface area (Å²) < 4.78 is 125. The second kappa shape index (κ2) is 10.0. The van der Waals surface area contributed by atoms with Gasteiger partial charge in [0.05, 0.1) is 17.7 Å². The molecule has 2 aromatic rings. The number of anilines is 1. The highest BCUT2D eigenvalue weighted by Crippen LogP contribution is 2.40. The van der Waals surface area contributed by atoms with E-state index in [1.807, 2.05) is 0 Å². The van der Waals surface area contributed by atoms with E-state index in [2.05, 4.69) is 16.9 Å². The van der Waals surface area contributed by atoms with E-state index in [9.17, 15) is 44.3 Å². The molecule has 1 atom stereocenters. The lowest BCUT2D eigenvalue weighted by Gasteiger charge is -2.25. The molecule has 0 fully saturated rings. The number of ether oxygens (including phenoxy) is 1. The van der Waals surface area contributed by atoms with Gasteiger partial charge in [-0.25, -0.2) is 4.98 Å². The molecule has 1 heterocycles. The maximum atomic E-state index is 13.6. The first-order valence-corrected chi connectivity index (χ1v) is 9.67. The molecule has 1 aromatic carbocycles. The van der Waals surface area contributed by atoms with Crippen molar-refractivity contribution in [2.45, 2.75) is 24.8 Å². The zero-order valence-corrected chi connectivity index (χ0v) is 17.9. The van der Waals surface area contributed by atoms with E-state index in [-0.39, 0.29) is 11.9 Å². The number of nitrogens with zero attached hydrogens (tertiary/aromatic N) is 2. The summed E-state index contributed by atoms with van der Waals surface area (Å²) in [6.45, 7) is 2.71. The van der Waals surface area contributed by atoms with Crippen molar-refractivity contribution in [2.24, 2.45) is 0 Å². The van der Waals surface area contributed by atoms with Crippen molar-refractivity contribution in [3.05, 3.63) is 62.5 Å². The van der Waals surface area contributed by atoms with Crippen LogP contribution in [-0.2, 0) is 23.3 Å². The van der Waals surface area contributed by atoms with Crippen LogP contribution < -0.4 is 10.9 Å². The molecule has 0 spiro atoms. The number of rotatable bonds is 7. The molecule has 1 aromatic heterocycles. The van der Waals surface area contributed by atoms with Crippen molar-refractivity contribution < 1.29 is 44.3 Å². The van der Waals surface area contributed by atoms with Crippen molar-refractivity contribution >= 4 is 35.4 Å². The number of hydrogen-bond acceptors (Lipinski definition) is 4. The van der Waals surface area contributed by atoms with Gasteiger partial charge in [0, 0.05) is 17.6 Å². The van der Waals surface area contributed by atoms with Gasteiger partial charge < -0.3 is 10.1 Å². The Kier molecular flexibility index (Phi) is 8.21. The highest BCUT2D eigenvalue weighted by molar-refractivity contribution is 6.31. The Morgan fingerprint density at radius 1 is 1.09 bits per heavy atom. The van der Waals surface area contributed by atoms with Gasteiger partial charge in [-0.05, 0) is 12.1 Å². The Balaban J connectivity index is 2.74. The van der Waals surface area contributed by atoms with E-state index in [4.69, 9.17) is 27.9 Å². The highest BCUT2D eigenvalue weighted by atomic mass is 35.5. The Morgan fingerprint density at radius 2 is 1.71 bits per heavy atom. The number of aromatic nitrogens is 2. The van der Waals surface area contributed by atoms with E-state index < -0.39 is 70.3 Å². The monoisotopic (exact) mass is 543 g/mol. The van der Waals surface area contributed by atoms with Crippen LogP contribution in [0, 0.1) is 0 Å². The molecule has 0 saturated heterocycles. The zero-order valence-electron chi connectivity index (χ0n) is 16.4. The van der Waals surface area contributed by atoms with Gasteiger partial charge in [0.15, 0.2) is 11.9 Å². The normalized spacial score (nSPS) is 13.6. The first-order chi connectivity index (χ1) is 15.5. The Labute approximate surface area is 194 Å². The maximum Gasteiger partial charge on any atom is 0.435 e. The number of hydrogen-bond donors (Lipinski definition) is 1. The summed E-state index contributed by atoms with van der Waals surface area (Å²) in [7, 11) is 0. The maximum absolute atomic E-state index is 13.6. The van der Waals surface area contributed by atoms with Crippen LogP contribution in [0.25, 0.3) is 6.20 Å². The molecule has 0 aliphatic rings.